The fourth-order valence-corrected chi connectivity index (χ4v) is 2.78. The molecule has 1 N–H and O–H groups in total. The topological polar surface area (TPSA) is 85.6 Å². The average Bonchev–Trinajstić information content (AvgIpc) is 3.08. The van der Waals surface area contributed by atoms with E-state index >= 15 is 0 Å². The van der Waals surface area contributed by atoms with Gasteiger partial charge in [0.1, 0.15) is 5.75 Å². The molecule has 0 spiro atoms. The van der Waals surface area contributed by atoms with Gasteiger partial charge in [0.15, 0.2) is 17.3 Å². The number of ketones is 1. The number of aromatic nitrogens is 3. The van der Waals surface area contributed by atoms with Gasteiger partial charge in [-0.3, -0.25) is 14.0 Å². The highest BCUT2D eigenvalue weighted by Gasteiger charge is 2.31. The zero-order valence-corrected chi connectivity index (χ0v) is 15.6. The van der Waals surface area contributed by atoms with Gasteiger partial charge in [-0.05, 0) is 37.3 Å². The number of fused-ring (bicyclic) bond motifs is 1. The largest absolute Gasteiger partial charge is 0.496 e. The number of nitrogens with zero attached hydrogens (tertiary/aromatic N) is 3. The van der Waals surface area contributed by atoms with E-state index < -0.39 is 17.6 Å². The number of hydrogen-bond donors (Lipinski definition) is 1. The summed E-state index contributed by atoms with van der Waals surface area (Å²) in [6.45, 7) is 1.30. The van der Waals surface area contributed by atoms with Crippen LogP contribution in [0.3, 0.4) is 0 Å². The molecule has 0 bridgehead atoms. The fourth-order valence-electron chi connectivity index (χ4n) is 2.78. The maximum Gasteiger partial charge on any atom is 0.417 e. The maximum atomic E-state index is 12.9. The van der Waals surface area contributed by atoms with Crippen molar-refractivity contribution in [2.24, 2.45) is 0 Å². The van der Waals surface area contributed by atoms with Gasteiger partial charge in [-0.25, -0.2) is 0 Å². The van der Waals surface area contributed by atoms with Crippen LogP contribution < -0.4 is 10.1 Å². The molecule has 0 radical (unpaired) electrons. The summed E-state index contributed by atoms with van der Waals surface area (Å²) in [5.41, 5.74) is 0.348. The van der Waals surface area contributed by atoms with Crippen molar-refractivity contribution >= 4 is 17.3 Å². The van der Waals surface area contributed by atoms with Crippen molar-refractivity contribution in [3.63, 3.8) is 0 Å². The lowest BCUT2D eigenvalue weighted by Gasteiger charge is -2.10. The van der Waals surface area contributed by atoms with Crippen molar-refractivity contribution < 1.29 is 27.5 Å². The Hall–Kier alpha value is -3.43. The Morgan fingerprint density at radius 1 is 1.17 bits per heavy atom. The number of benzene rings is 1. The Morgan fingerprint density at radius 3 is 2.59 bits per heavy atom. The molecule has 29 heavy (non-hydrogen) atoms. The summed E-state index contributed by atoms with van der Waals surface area (Å²) in [7, 11) is 1.45. The van der Waals surface area contributed by atoms with Crippen LogP contribution in [0.25, 0.3) is 5.65 Å². The first kappa shape index (κ1) is 20.3. The van der Waals surface area contributed by atoms with E-state index in [1.54, 1.807) is 18.2 Å². The molecule has 0 aliphatic rings. The van der Waals surface area contributed by atoms with E-state index in [0.29, 0.717) is 16.9 Å². The first-order chi connectivity index (χ1) is 13.7. The minimum Gasteiger partial charge on any atom is -0.496 e. The van der Waals surface area contributed by atoms with Crippen molar-refractivity contribution in [3.05, 3.63) is 59.0 Å². The molecule has 0 aliphatic carbocycles. The van der Waals surface area contributed by atoms with Crippen LogP contribution in [-0.2, 0) is 23.9 Å². The molecule has 2 heterocycles. The van der Waals surface area contributed by atoms with Crippen molar-refractivity contribution in [3.8, 4) is 5.75 Å². The normalized spacial score (nSPS) is 11.5. The molecular weight excluding hydrogens is 389 g/mol. The highest BCUT2D eigenvalue weighted by atomic mass is 19.4. The van der Waals surface area contributed by atoms with Crippen LogP contribution in [0.4, 0.5) is 13.2 Å². The van der Waals surface area contributed by atoms with Crippen LogP contribution in [0.2, 0.25) is 0 Å². The molecular formula is C19H17F3N4O3. The summed E-state index contributed by atoms with van der Waals surface area (Å²) in [6.07, 6.45) is -3.69. The Labute approximate surface area is 163 Å². The van der Waals surface area contributed by atoms with Crippen LogP contribution in [-0.4, -0.2) is 33.4 Å². The van der Waals surface area contributed by atoms with Gasteiger partial charge in [0.25, 0.3) is 0 Å². The second kappa shape index (κ2) is 7.90. The summed E-state index contributed by atoms with van der Waals surface area (Å²) in [5.74, 6) is 0.0502. The molecule has 0 fully saturated rings. The quantitative estimate of drug-likeness (QED) is 0.637. The number of rotatable bonds is 6. The zero-order chi connectivity index (χ0) is 21.2. The van der Waals surface area contributed by atoms with Crippen molar-refractivity contribution in [1.82, 2.24) is 19.9 Å². The van der Waals surface area contributed by atoms with Crippen LogP contribution >= 0.6 is 0 Å². The number of hydrogen-bond acceptors (Lipinski definition) is 5. The minimum absolute atomic E-state index is 0.0746. The lowest BCUT2D eigenvalue weighted by Crippen LogP contribution is -2.26. The molecule has 0 aliphatic heterocycles. The number of alkyl halides is 3. The van der Waals surface area contributed by atoms with E-state index in [2.05, 4.69) is 15.5 Å². The number of Topliss-reactive ketones (excluding diaryl/α,β-unsaturated/α-hetero) is 1. The lowest BCUT2D eigenvalue weighted by molar-refractivity contribution is -0.137. The standard InChI is InChI=1S/C19H17F3N4O3/c1-11(27)12-3-5-15(29-2)13(7-12)8-18(28)23-9-17-25-24-16-6-4-14(10-26(16)17)19(20,21)22/h3-7,10H,8-9H2,1-2H3,(H,23,28). The van der Waals surface area contributed by atoms with Gasteiger partial charge in [-0.2, -0.15) is 13.2 Å². The Bertz CT molecular complexity index is 1080. The Morgan fingerprint density at radius 2 is 1.93 bits per heavy atom. The van der Waals surface area contributed by atoms with Gasteiger partial charge in [-0.1, -0.05) is 0 Å². The molecule has 0 unspecified atom stereocenters. The molecule has 10 heteroatoms. The fraction of sp³-hybridized carbons (Fsp3) is 0.263. The van der Waals surface area contributed by atoms with Gasteiger partial charge in [0.2, 0.25) is 5.91 Å². The summed E-state index contributed by atoms with van der Waals surface area (Å²) >= 11 is 0. The number of amides is 1. The third-order valence-electron chi connectivity index (χ3n) is 4.28. The van der Waals surface area contributed by atoms with Gasteiger partial charge < -0.3 is 10.1 Å². The number of nitrogens with one attached hydrogen (secondary N) is 1. The summed E-state index contributed by atoms with van der Waals surface area (Å²) in [5, 5.41) is 10.2. The monoisotopic (exact) mass is 406 g/mol. The average molecular weight is 406 g/mol. The van der Waals surface area contributed by atoms with Crippen molar-refractivity contribution in [2.45, 2.75) is 26.1 Å². The molecule has 1 aromatic carbocycles. The molecule has 1 amide bonds. The lowest BCUT2D eigenvalue weighted by atomic mass is 10.0. The molecule has 0 saturated carbocycles. The zero-order valence-electron chi connectivity index (χ0n) is 15.6. The second-order valence-corrected chi connectivity index (χ2v) is 6.30. The van der Waals surface area contributed by atoms with Crippen molar-refractivity contribution in [1.29, 1.82) is 0 Å². The van der Waals surface area contributed by atoms with E-state index in [0.717, 1.165) is 12.3 Å². The molecule has 7 nitrogen and oxygen atoms in total. The minimum atomic E-state index is -4.50. The van der Waals surface area contributed by atoms with E-state index in [4.69, 9.17) is 4.74 Å². The van der Waals surface area contributed by atoms with Crippen LogP contribution in [0, 0.1) is 0 Å². The number of methoxy groups -OCH3 is 1. The predicted octanol–water partition coefficient (Wildman–Crippen LogP) is 2.82. The molecule has 0 atom stereocenters. The van der Waals surface area contributed by atoms with Gasteiger partial charge in [0.05, 0.1) is 25.6 Å². The highest BCUT2D eigenvalue weighted by molar-refractivity contribution is 5.94. The van der Waals surface area contributed by atoms with E-state index in [1.165, 1.54) is 24.5 Å². The van der Waals surface area contributed by atoms with Crippen LogP contribution in [0.5, 0.6) is 5.75 Å². The Balaban J connectivity index is 1.75. The first-order valence-electron chi connectivity index (χ1n) is 8.54. The number of ether oxygens (including phenoxy) is 1. The summed E-state index contributed by atoms with van der Waals surface area (Å²) in [4.78, 5) is 23.9. The Kier molecular flexibility index (Phi) is 5.53. The molecule has 3 rings (SSSR count). The highest BCUT2D eigenvalue weighted by Crippen LogP contribution is 2.29. The third kappa shape index (κ3) is 4.53. The van der Waals surface area contributed by atoms with E-state index in [1.807, 2.05) is 0 Å². The third-order valence-corrected chi connectivity index (χ3v) is 4.28. The van der Waals surface area contributed by atoms with Crippen LogP contribution in [0.1, 0.15) is 34.2 Å². The van der Waals surface area contributed by atoms with E-state index in [-0.39, 0.29) is 30.2 Å². The van der Waals surface area contributed by atoms with Crippen LogP contribution in [0.15, 0.2) is 36.5 Å². The molecule has 0 saturated heterocycles. The number of pyridine rings is 1. The molecule has 2 aromatic heterocycles. The molecule has 152 valence electrons. The number of halogens is 3. The summed E-state index contributed by atoms with van der Waals surface area (Å²) in [6, 6.07) is 6.90. The van der Waals surface area contributed by atoms with Gasteiger partial charge in [0, 0.05) is 17.3 Å². The predicted molar refractivity (Wildman–Crippen MR) is 96.5 cm³/mol. The number of carbonyl (C=O) groups excluding carboxylic acids is 2. The molecule has 3 aromatic rings. The second-order valence-electron chi connectivity index (χ2n) is 6.30. The number of carbonyl (C=O) groups is 2. The van der Waals surface area contributed by atoms with Gasteiger partial charge >= 0.3 is 6.18 Å². The van der Waals surface area contributed by atoms with Crippen molar-refractivity contribution in [2.75, 3.05) is 7.11 Å². The smallest absolute Gasteiger partial charge is 0.417 e. The van der Waals surface area contributed by atoms with Gasteiger partial charge in [-0.15, -0.1) is 10.2 Å². The summed E-state index contributed by atoms with van der Waals surface area (Å²) < 4.78 is 45.1. The van der Waals surface area contributed by atoms with E-state index in [9.17, 15) is 22.8 Å². The maximum absolute atomic E-state index is 12.9. The SMILES string of the molecule is COc1ccc(C(C)=O)cc1CC(=O)NCc1nnc2ccc(C(F)(F)F)cn12. The first-order valence-corrected chi connectivity index (χ1v) is 8.54.